The predicted molar refractivity (Wildman–Crippen MR) is 122 cm³/mol. The summed E-state index contributed by atoms with van der Waals surface area (Å²) in [6, 6.07) is 20.2. The first-order chi connectivity index (χ1) is 16.4. The van der Waals surface area contributed by atoms with Gasteiger partial charge in [-0.2, -0.15) is 4.80 Å². The molecule has 4 aromatic rings. The van der Waals surface area contributed by atoms with Gasteiger partial charge in [0.05, 0.1) is 11.5 Å². The highest BCUT2D eigenvalue weighted by Gasteiger charge is 2.15. The van der Waals surface area contributed by atoms with E-state index in [9.17, 15) is 19.7 Å². The lowest BCUT2D eigenvalue weighted by Crippen LogP contribution is -2.41. The number of hydrazine groups is 1. The van der Waals surface area contributed by atoms with E-state index in [4.69, 9.17) is 0 Å². The number of amides is 2. The quantitative estimate of drug-likeness (QED) is 0.334. The maximum Gasteiger partial charge on any atom is 0.272 e. The van der Waals surface area contributed by atoms with Crippen LogP contribution in [-0.2, 0) is 6.54 Å². The van der Waals surface area contributed by atoms with Crippen LogP contribution in [0.25, 0.3) is 11.4 Å². The molecule has 0 radical (unpaired) electrons. The summed E-state index contributed by atoms with van der Waals surface area (Å²) >= 11 is 0. The van der Waals surface area contributed by atoms with Crippen LogP contribution in [0.3, 0.4) is 0 Å². The van der Waals surface area contributed by atoms with Gasteiger partial charge in [-0.1, -0.05) is 42.5 Å². The molecule has 0 aliphatic heterocycles. The Morgan fingerprint density at radius 3 is 2.24 bits per heavy atom. The third kappa shape index (κ3) is 5.10. The van der Waals surface area contributed by atoms with E-state index in [-0.39, 0.29) is 11.3 Å². The molecule has 0 atom stereocenters. The largest absolute Gasteiger partial charge is 0.272 e. The third-order valence-electron chi connectivity index (χ3n) is 4.97. The molecule has 0 spiro atoms. The molecule has 11 nitrogen and oxygen atoms in total. The first-order valence-electron chi connectivity index (χ1n) is 10.2. The summed E-state index contributed by atoms with van der Waals surface area (Å²) in [5, 5.41) is 23.4. The van der Waals surface area contributed by atoms with E-state index >= 15 is 0 Å². The van der Waals surface area contributed by atoms with E-state index in [1.54, 1.807) is 24.3 Å². The molecule has 0 bridgehead atoms. The normalized spacial score (nSPS) is 10.5. The van der Waals surface area contributed by atoms with Gasteiger partial charge in [-0.3, -0.25) is 30.6 Å². The van der Waals surface area contributed by atoms with Gasteiger partial charge in [0.2, 0.25) is 5.82 Å². The van der Waals surface area contributed by atoms with Crippen LogP contribution in [0.15, 0.2) is 72.8 Å². The molecule has 0 aliphatic rings. The van der Waals surface area contributed by atoms with Gasteiger partial charge in [-0.15, -0.1) is 10.2 Å². The Hall–Kier alpha value is -4.93. The highest BCUT2D eigenvalue weighted by Crippen LogP contribution is 2.18. The molecule has 170 valence electrons. The number of tetrazole rings is 1. The van der Waals surface area contributed by atoms with Gasteiger partial charge in [0.25, 0.3) is 17.5 Å². The number of hydrogen-bond donors (Lipinski definition) is 2. The van der Waals surface area contributed by atoms with Crippen molar-refractivity contribution in [3.05, 3.63) is 105 Å². The zero-order valence-electron chi connectivity index (χ0n) is 18.0. The van der Waals surface area contributed by atoms with Crippen molar-refractivity contribution in [1.82, 2.24) is 31.1 Å². The predicted octanol–water partition coefficient (Wildman–Crippen LogP) is 2.68. The van der Waals surface area contributed by atoms with Crippen molar-refractivity contribution < 1.29 is 14.5 Å². The molecule has 1 heterocycles. The van der Waals surface area contributed by atoms with Crippen molar-refractivity contribution in [3.8, 4) is 11.4 Å². The summed E-state index contributed by atoms with van der Waals surface area (Å²) in [7, 11) is 0. The van der Waals surface area contributed by atoms with Gasteiger partial charge in [-0.05, 0) is 42.0 Å². The molecule has 2 N–H and O–H groups in total. The first-order valence-corrected chi connectivity index (χ1v) is 10.2. The van der Waals surface area contributed by atoms with Gasteiger partial charge in [0.1, 0.15) is 0 Å². The Labute approximate surface area is 193 Å². The number of aromatic nitrogens is 4. The maximum absolute atomic E-state index is 12.4. The van der Waals surface area contributed by atoms with Crippen LogP contribution in [0.1, 0.15) is 31.8 Å². The van der Waals surface area contributed by atoms with E-state index < -0.39 is 16.7 Å². The number of nitrogens with zero attached hydrogens (tertiary/aromatic N) is 5. The highest BCUT2D eigenvalue weighted by molar-refractivity contribution is 5.99. The van der Waals surface area contributed by atoms with Crippen LogP contribution in [0.5, 0.6) is 0 Å². The number of hydrogen-bond acceptors (Lipinski definition) is 7. The van der Waals surface area contributed by atoms with Crippen LogP contribution < -0.4 is 10.9 Å². The van der Waals surface area contributed by atoms with E-state index in [1.807, 2.05) is 30.3 Å². The van der Waals surface area contributed by atoms with E-state index in [0.717, 1.165) is 11.1 Å². The fourth-order valence-corrected chi connectivity index (χ4v) is 3.20. The Balaban J connectivity index is 1.33. The molecule has 2 amide bonds. The minimum absolute atomic E-state index is 0.0851. The average Bonchev–Trinajstić information content (AvgIpc) is 3.31. The number of nitro benzene ring substituents is 1. The fourth-order valence-electron chi connectivity index (χ4n) is 3.20. The van der Waals surface area contributed by atoms with Crippen molar-refractivity contribution in [3.63, 3.8) is 0 Å². The second kappa shape index (κ2) is 9.69. The van der Waals surface area contributed by atoms with Crippen LogP contribution in [0.4, 0.5) is 5.69 Å². The lowest BCUT2D eigenvalue weighted by atomic mass is 10.1. The first kappa shape index (κ1) is 22.3. The van der Waals surface area contributed by atoms with Gasteiger partial charge in [0.15, 0.2) is 0 Å². The number of carbonyl (C=O) groups excluding carboxylic acids is 2. The summed E-state index contributed by atoms with van der Waals surface area (Å²) in [5.74, 6) is -0.575. The minimum Gasteiger partial charge on any atom is -0.267 e. The maximum atomic E-state index is 12.4. The summed E-state index contributed by atoms with van der Waals surface area (Å²) in [6.07, 6.45) is 0. The second-order valence-corrected chi connectivity index (χ2v) is 7.37. The minimum atomic E-state index is -0.588. The molecule has 34 heavy (non-hydrogen) atoms. The molecule has 0 aliphatic carbocycles. The average molecular weight is 457 g/mol. The number of benzene rings is 3. The molecular weight excluding hydrogens is 438 g/mol. The molecule has 1 aromatic heterocycles. The fraction of sp³-hybridized carbons (Fsp3) is 0.0870. The monoisotopic (exact) mass is 457 g/mol. The zero-order valence-corrected chi connectivity index (χ0v) is 18.0. The second-order valence-electron chi connectivity index (χ2n) is 7.37. The topological polar surface area (TPSA) is 145 Å². The lowest BCUT2D eigenvalue weighted by Gasteiger charge is -2.08. The molecule has 0 saturated carbocycles. The number of rotatable bonds is 6. The Morgan fingerprint density at radius 1 is 0.941 bits per heavy atom. The molecule has 0 fully saturated rings. The van der Waals surface area contributed by atoms with Crippen molar-refractivity contribution in [1.29, 1.82) is 0 Å². The van der Waals surface area contributed by atoms with E-state index in [1.165, 1.54) is 29.9 Å². The van der Waals surface area contributed by atoms with E-state index in [2.05, 4.69) is 26.3 Å². The summed E-state index contributed by atoms with van der Waals surface area (Å²) < 4.78 is 0. The van der Waals surface area contributed by atoms with Crippen LogP contribution in [0.2, 0.25) is 0 Å². The summed E-state index contributed by atoms with van der Waals surface area (Å²) in [4.78, 5) is 36.5. The molecule has 11 heteroatoms. The van der Waals surface area contributed by atoms with Gasteiger partial charge >= 0.3 is 0 Å². The smallest absolute Gasteiger partial charge is 0.267 e. The Morgan fingerprint density at radius 2 is 1.59 bits per heavy atom. The summed E-state index contributed by atoms with van der Waals surface area (Å²) in [5.41, 5.74) is 7.15. The number of carbonyl (C=O) groups is 2. The number of nitro groups is 1. The van der Waals surface area contributed by atoms with Crippen LogP contribution >= 0.6 is 0 Å². The molecule has 0 unspecified atom stereocenters. The Bertz CT molecular complexity index is 1350. The third-order valence-corrected chi connectivity index (χ3v) is 4.97. The molecular formula is C23H19N7O4. The van der Waals surface area contributed by atoms with Gasteiger partial charge < -0.3 is 0 Å². The molecule has 4 rings (SSSR count). The van der Waals surface area contributed by atoms with Crippen molar-refractivity contribution >= 4 is 17.5 Å². The van der Waals surface area contributed by atoms with Gasteiger partial charge in [-0.25, -0.2) is 0 Å². The van der Waals surface area contributed by atoms with Crippen molar-refractivity contribution in [2.24, 2.45) is 0 Å². The SMILES string of the molecule is Cc1cc(C(=O)NNC(=O)c2ccc(Cn3nnc(-c4ccccc4)n3)cc2)ccc1[N+](=O)[O-]. The van der Waals surface area contributed by atoms with E-state index in [0.29, 0.717) is 23.5 Å². The van der Waals surface area contributed by atoms with Crippen molar-refractivity contribution in [2.75, 3.05) is 0 Å². The Kier molecular flexibility index (Phi) is 6.35. The number of aryl methyl sites for hydroxylation is 1. The van der Waals surface area contributed by atoms with Crippen molar-refractivity contribution in [2.45, 2.75) is 13.5 Å². The van der Waals surface area contributed by atoms with Crippen LogP contribution in [0, 0.1) is 17.0 Å². The summed E-state index contributed by atoms with van der Waals surface area (Å²) in [6.45, 7) is 1.91. The zero-order chi connectivity index (χ0) is 24.1. The number of nitrogens with one attached hydrogen (secondary N) is 2. The lowest BCUT2D eigenvalue weighted by molar-refractivity contribution is -0.385. The molecule has 3 aromatic carbocycles. The highest BCUT2D eigenvalue weighted by atomic mass is 16.6. The standard InChI is InChI=1S/C23H19N7O4/c1-15-13-19(11-12-20(15)30(33)34)23(32)26-25-22(31)18-9-7-16(8-10-18)14-29-27-21(24-28-29)17-5-3-2-4-6-17/h2-13H,14H2,1H3,(H,25,31)(H,26,32). The van der Waals surface area contributed by atoms with Crippen LogP contribution in [-0.4, -0.2) is 36.9 Å². The van der Waals surface area contributed by atoms with Gasteiger partial charge in [0, 0.05) is 28.3 Å². The molecule has 0 saturated heterocycles.